The highest BCUT2D eigenvalue weighted by atomic mass is 16.3. The fourth-order valence-corrected chi connectivity index (χ4v) is 2.30. The SMILES string of the molecule is O=CC(=CCc1ccccc1O)N1CCCCC1. The quantitative estimate of drug-likeness (QED) is 0.654. The molecule has 0 aliphatic carbocycles. The van der Waals surface area contributed by atoms with Crippen LogP contribution in [-0.4, -0.2) is 29.4 Å². The van der Waals surface area contributed by atoms with Gasteiger partial charge in [0.05, 0.1) is 5.70 Å². The summed E-state index contributed by atoms with van der Waals surface area (Å²) in [5, 5.41) is 9.68. The molecule has 0 spiro atoms. The number of likely N-dealkylation sites (tertiary alicyclic amines) is 1. The lowest BCUT2D eigenvalue weighted by atomic mass is 10.1. The molecular weight excluding hydrogens is 226 g/mol. The Balaban J connectivity index is 2.05. The van der Waals surface area contributed by atoms with Crippen molar-refractivity contribution in [2.24, 2.45) is 0 Å². The lowest BCUT2D eigenvalue weighted by molar-refractivity contribution is -0.106. The van der Waals surface area contributed by atoms with Crippen molar-refractivity contribution in [3.63, 3.8) is 0 Å². The van der Waals surface area contributed by atoms with E-state index in [1.54, 1.807) is 12.1 Å². The van der Waals surface area contributed by atoms with Gasteiger partial charge in [0.2, 0.25) is 0 Å². The number of rotatable bonds is 4. The van der Waals surface area contributed by atoms with Crippen molar-refractivity contribution in [2.45, 2.75) is 25.7 Å². The average molecular weight is 245 g/mol. The summed E-state index contributed by atoms with van der Waals surface area (Å²) in [6, 6.07) is 7.24. The van der Waals surface area contributed by atoms with Crippen molar-refractivity contribution in [1.29, 1.82) is 0 Å². The van der Waals surface area contributed by atoms with Crippen molar-refractivity contribution in [2.75, 3.05) is 13.1 Å². The van der Waals surface area contributed by atoms with E-state index in [-0.39, 0.29) is 5.75 Å². The number of phenolic OH excluding ortho intramolecular Hbond substituents is 1. The van der Waals surface area contributed by atoms with Gasteiger partial charge < -0.3 is 10.0 Å². The molecular formula is C15H19NO2. The molecule has 1 heterocycles. The molecule has 18 heavy (non-hydrogen) atoms. The van der Waals surface area contributed by atoms with Crippen LogP contribution in [-0.2, 0) is 11.2 Å². The van der Waals surface area contributed by atoms with Crippen LogP contribution in [0.4, 0.5) is 0 Å². The zero-order valence-electron chi connectivity index (χ0n) is 10.5. The molecule has 1 fully saturated rings. The van der Waals surface area contributed by atoms with E-state index in [9.17, 15) is 9.90 Å². The van der Waals surface area contributed by atoms with Gasteiger partial charge in [-0.15, -0.1) is 0 Å². The summed E-state index contributed by atoms with van der Waals surface area (Å²) in [6.45, 7) is 1.93. The lowest BCUT2D eigenvalue weighted by Crippen LogP contribution is -2.29. The van der Waals surface area contributed by atoms with Gasteiger partial charge in [0.1, 0.15) is 5.75 Å². The van der Waals surface area contributed by atoms with Crippen molar-refractivity contribution in [3.05, 3.63) is 41.6 Å². The second-order valence-corrected chi connectivity index (χ2v) is 4.63. The molecule has 0 amide bonds. The van der Waals surface area contributed by atoms with E-state index in [1.807, 2.05) is 18.2 Å². The van der Waals surface area contributed by atoms with E-state index in [1.165, 1.54) is 6.42 Å². The molecule has 0 aromatic heterocycles. The van der Waals surface area contributed by atoms with Gasteiger partial charge >= 0.3 is 0 Å². The summed E-state index contributed by atoms with van der Waals surface area (Å²) in [6.07, 6.45) is 6.99. The number of phenols is 1. The molecule has 1 saturated heterocycles. The van der Waals surface area contributed by atoms with Gasteiger partial charge in [0.15, 0.2) is 6.29 Å². The van der Waals surface area contributed by atoms with Crippen molar-refractivity contribution < 1.29 is 9.90 Å². The van der Waals surface area contributed by atoms with Gasteiger partial charge in [0.25, 0.3) is 0 Å². The van der Waals surface area contributed by atoms with Gasteiger partial charge in [0, 0.05) is 13.1 Å². The summed E-state index contributed by atoms with van der Waals surface area (Å²) >= 11 is 0. The third-order valence-electron chi connectivity index (χ3n) is 3.36. The van der Waals surface area contributed by atoms with E-state index in [0.717, 1.165) is 43.5 Å². The van der Waals surface area contributed by atoms with Gasteiger partial charge in [-0.3, -0.25) is 4.79 Å². The maximum Gasteiger partial charge on any atom is 0.165 e. The standard InChI is InChI=1S/C15H19NO2/c17-12-14(16-10-4-1-5-11-16)9-8-13-6-2-3-7-15(13)18/h2-3,6-7,9,12,18H,1,4-5,8,10-11H2. The second-order valence-electron chi connectivity index (χ2n) is 4.63. The number of piperidine rings is 1. The molecule has 0 atom stereocenters. The number of allylic oxidation sites excluding steroid dienone is 2. The summed E-state index contributed by atoms with van der Waals surface area (Å²) in [4.78, 5) is 13.3. The Morgan fingerprint density at radius 2 is 1.94 bits per heavy atom. The molecule has 1 aliphatic rings. The first kappa shape index (κ1) is 12.7. The van der Waals surface area contributed by atoms with Crippen LogP contribution in [0.5, 0.6) is 5.75 Å². The number of benzene rings is 1. The number of carbonyl (C=O) groups excluding carboxylic acids is 1. The largest absolute Gasteiger partial charge is 0.508 e. The zero-order valence-corrected chi connectivity index (χ0v) is 10.5. The van der Waals surface area contributed by atoms with Crippen molar-refractivity contribution in [1.82, 2.24) is 4.90 Å². The van der Waals surface area contributed by atoms with Crippen LogP contribution in [0.2, 0.25) is 0 Å². The fraction of sp³-hybridized carbons (Fsp3) is 0.400. The smallest absolute Gasteiger partial charge is 0.165 e. The number of carbonyl (C=O) groups is 1. The molecule has 3 nitrogen and oxygen atoms in total. The van der Waals surface area contributed by atoms with Crippen LogP contribution in [0.3, 0.4) is 0 Å². The molecule has 0 unspecified atom stereocenters. The van der Waals surface area contributed by atoms with Gasteiger partial charge in [-0.05, 0) is 37.3 Å². The first-order valence-corrected chi connectivity index (χ1v) is 6.48. The van der Waals surface area contributed by atoms with Gasteiger partial charge in [-0.1, -0.05) is 24.3 Å². The van der Waals surface area contributed by atoms with Gasteiger partial charge in [-0.25, -0.2) is 0 Å². The second kappa shape index (κ2) is 6.24. The van der Waals surface area contributed by atoms with Crippen LogP contribution in [0.15, 0.2) is 36.0 Å². The zero-order chi connectivity index (χ0) is 12.8. The fourth-order valence-electron chi connectivity index (χ4n) is 2.30. The summed E-state index contributed by atoms with van der Waals surface area (Å²) in [5.41, 5.74) is 1.60. The summed E-state index contributed by atoms with van der Waals surface area (Å²) in [7, 11) is 0. The van der Waals surface area contributed by atoms with Gasteiger partial charge in [-0.2, -0.15) is 0 Å². The molecule has 2 rings (SSSR count). The molecule has 1 N–H and O–H groups in total. The van der Waals surface area contributed by atoms with Crippen molar-refractivity contribution >= 4 is 6.29 Å². The van der Waals surface area contributed by atoms with Crippen LogP contribution < -0.4 is 0 Å². The van der Waals surface area contributed by atoms with Crippen LogP contribution >= 0.6 is 0 Å². The van der Waals surface area contributed by atoms with E-state index < -0.39 is 0 Å². The number of aldehydes is 1. The van der Waals surface area contributed by atoms with Crippen LogP contribution in [0.1, 0.15) is 24.8 Å². The minimum absolute atomic E-state index is 0.289. The summed E-state index contributed by atoms with van der Waals surface area (Å²) in [5.74, 6) is 0.289. The Morgan fingerprint density at radius 3 is 2.61 bits per heavy atom. The van der Waals surface area contributed by atoms with Crippen LogP contribution in [0.25, 0.3) is 0 Å². The molecule has 3 heteroatoms. The third kappa shape index (κ3) is 3.13. The summed E-state index contributed by atoms with van der Waals surface area (Å²) < 4.78 is 0. The maximum atomic E-state index is 11.1. The normalized spacial score (nSPS) is 16.7. The highest BCUT2D eigenvalue weighted by Crippen LogP contribution is 2.18. The number of hydrogen-bond acceptors (Lipinski definition) is 3. The van der Waals surface area contributed by atoms with E-state index >= 15 is 0 Å². The average Bonchev–Trinajstić information content (AvgIpc) is 2.42. The highest BCUT2D eigenvalue weighted by Gasteiger charge is 2.12. The predicted octanol–water partition coefficient (Wildman–Crippen LogP) is 2.50. The minimum Gasteiger partial charge on any atom is -0.508 e. The first-order chi connectivity index (χ1) is 8.81. The van der Waals surface area contributed by atoms with Crippen molar-refractivity contribution in [3.8, 4) is 5.75 Å². The van der Waals surface area contributed by atoms with E-state index in [2.05, 4.69) is 4.90 Å². The number of para-hydroxylation sites is 1. The number of aromatic hydroxyl groups is 1. The Labute approximate surface area is 108 Å². The number of nitrogens with zero attached hydrogens (tertiary/aromatic N) is 1. The Hall–Kier alpha value is -1.77. The van der Waals surface area contributed by atoms with Crippen LogP contribution in [0, 0.1) is 0 Å². The monoisotopic (exact) mass is 245 g/mol. The molecule has 1 aromatic carbocycles. The Morgan fingerprint density at radius 1 is 1.22 bits per heavy atom. The predicted molar refractivity (Wildman–Crippen MR) is 71.4 cm³/mol. The number of hydrogen-bond donors (Lipinski definition) is 1. The highest BCUT2D eigenvalue weighted by molar-refractivity contribution is 5.72. The molecule has 0 radical (unpaired) electrons. The first-order valence-electron chi connectivity index (χ1n) is 6.48. The van der Waals surface area contributed by atoms with E-state index in [0.29, 0.717) is 6.42 Å². The molecule has 0 saturated carbocycles. The Kier molecular flexibility index (Phi) is 4.40. The lowest BCUT2D eigenvalue weighted by Gasteiger charge is -2.28. The third-order valence-corrected chi connectivity index (χ3v) is 3.36. The van der Waals surface area contributed by atoms with E-state index in [4.69, 9.17) is 0 Å². The topological polar surface area (TPSA) is 40.5 Å². The molecule has 1 aliphatic heterocycles. The Bertz CT molecular complexity index is 434. The molecule has 1 aromatic rings. The minimum atomic E-state index is 0.289. The molecule has 96 valence electrons. The molecule has 0 bridgehead atoms. The maximum absolute atomic E-state index is 11.1.